The van der Waals surface area contributed by atoms with Crippen molar-refractivity contribution < 1.29 is 4.79 Å². The van der Waals surface area contributed by atoms with Crippen molar-refractivity contribution in [1.29, 1.82) is 0 Å². The molecule has 0 aliphatic carbocycles. The second-order valence-electron chi connectivity index (χ2n) is 6.98. The van der Waals surface area contributed by atoms with Gasteiger partial charge < -0.3 is 4.57 Å². The zero-order chi connectivity index (χ0) is 21.6. The number of carbonyl (C=O) groups excluding carboxylic acids is 1. The van der Waals surface area contributed by atoms with E-state index in [4.69, 9.17) is 4.98 Å². The van der Waals surface area contributed by atoms with Crippen LogP contribution in [0.4, 0.5) is 5.13 Å². The maximum atomic E-state index is 13.3. The molecule has 0 atom stereocenters. The minimum absolute atomic E-state index is 0.0483. The number of aromatic nitrogens is 2. The second kappa shape index (κ2) is 9.85. The third-order valence-corrected chi connectivity index (χ3v) is 6.15. The summed E-state index contributed by atoms with van der Waals surface area (Å²) in [6.07, 6.45) is 2.33. The molecule has 0 saturated heterocycles. The van der Waals surface area contributed by atoms with E-state index in [-0.39, 0.29) is 18.0 Å². The fraction of sp³-hybridized carbons (Fsp3) is 0.125. The van der Waals surface area contributed by atoms with Gasteiger partial charge in [-0.2, -0.15) is 0 Å². The number of halogens is 1. The molecular weight excluding hydrogens is 474 g/mol. The van der Waals surface area contributed by atoms with Gasteiger partial charge in [0.15, 0.2) is 5.13 Å². The first-order valence-corrected chi connectivity index (χ1v) is 11.5. The molecule has 1 amide bonds. The lowest BCUT2D eigenvalue weighted by molar-refractivity contribution is -0.119. The van der Waals surface area contributed by atoms with E-state index in [1.807, 2.05) is 66.0 Å². The number of benzene rings is 2. The van der Waals surface area contributed by atoms with Gasteiger partial charge in [0.1, 0.15) is 6.54 Å². The van der Waals surface area contributed by atoms with Gasteiger partial charge in [-0.15, -0.1) is 11.3 Å². The topological polar surface area (TPSA) is 55.2 Å². The van der Waals surface area contributed by atoms with Crippen molar-refractivity contribution in [1.82, 2.24) is 9.55 Å². The standard InChI is InChI=1S/C24H20BrN3O2S/c25-20-11-12-22(29)27(15-20)16-23(30)28(14-13-18-7-3-1-4-8-18)24-26-21(17-31-24)19-9-5-2-6-10-19/h1-12,15,17H,13-14,16H2. The highest BCUT2D eigenvalue weighted by Gasteiger charge is 2.20. The van der Waals surface area contributed by atoms with Gasteiger partial charge in [-0.1, -0.05) is 60.7 Å². The van der Waals surface area contributed by atoms with Crippen molar-refractivity contribution in [2.24, 2.45) is 0 Å². The number of hydrogen-bond acceptors (Lipinski definition) is 4. The third-order valence-electron chi connectivity index (χ3n) is 4.81. The summed E-state index contributed by atoms with van der Waals surface area (Å²) in [6, 6.07) is 23.0. The molecule has 0 aliphatic heterocycles. The van der Waals surface area contributed by atoms with E-state index in [0.717, 1.165) is 21.3 Å². The molecule has 2 aromatic carbocycles. The molecule has 0 fully saturated rings. The number of nitrogens with zero attached hydrogens (tertiary/aromatic N) is 3. The van der Waals surface area contributed by atoms with Crippen LogP contribution in [0.5, 0.6) is 0 Å². The Hall–Kier alpha value is -3.03. The van der Waals surface area contributed by atoms with Crippen molar-refractivity contribution in [2.75, 3.05) is 11.4 Å². The number of carbonyl (C=O) groups is 1. The van der Waals surface area contributed by atoms with Crippen LogP contribution >= 0.6 is 27.3 Å². The first kappa shape index (κ1) is 21.2. The normalized spacial score (nSPS) is 10.7. The minimum Gasteiger partial charge on any atom is -0.305 e. The number of anilines is 1. The number of hydrogen-bond donors (Lipinski definition) is 0. The highest BCUT2D eigenvalue weighted by molar-refractivity contribution is 9.10. The van der Waals surface area contributed by atoms with Crippen LogP contribution in [0.1, 0.15) is 5.56 Å². The molecule has 2 heterocycles. The van der Waals surface area contributed by atoms with Crippen LogP contribution in [-0.2, 0) is 17.8 Å². The largest absolute Gasteiger partial charge is 0.305 e. The number of rotatable bonds is 7. The average molecular weight is 494 g/mol. The molecule has 0 spiro atoms. The van der Waals surface area contributed by atoms with Crippen molar-refractivity contribution in [3.63, 3.8) is 0 Å². The van der Waals surface area contributed by atoms with E-state index in [1.54, 1.807) is 17.2 Å². The van der Waals surface area contributed by atoms with Crippen LogP contribution in [0.15, 0.2) is 93.6 Å². The highest BCUT2D eigenvalue weighted by atomic mass is 79.9. The van der Waals surface area contributed by atoms with E-state index in [9.17, 15) is 9.59 Å². The molecule has 4 rings (SSSR count). The van der Waals surface area contributed by atoms with Crippen molar-refractivity contribution in [3.05, 3.63) is 105 Å². The summed E-state index contributed by atoms with van der Waals surface area (Å²) in [5.41, 5.74) is 2.75. The Morgan fingerprint density at radius 2 is 1.71 bits per heavy atom. The maximum Gasteiger partial charge on any atom is 0.251 e. The molecule has 2 aromatic heterocycles. The van der Waals surface area contributed by atoms with Gasteiger partial charge in [0, 0.05) is 34.2 Å². The summed E-state index contributed by atoms with van der Waals surface area (Å²) >= 11 is 4.80. The Bertz CT molecular complexity index is 1220. The zero-order valence-electron chi connectivity index (χ0n) is 16.6. The predicted molar refractivity (Wildman–Crippen MR) is 128 cm³/mol. The van der Waals surface area contributed by atoms with Crippen LogP contribution in [0.2, 0.25) is 0 Å². The second-order valence-corrected chi connectivity index (χ2v) is 8.73. The quantitative estimate of drug-likeness (QED) is 0.363. The summed E-state index contributed by atoms with van der Waals surface area (Å²) < 4.78 is 2.16. The van der Waals surface area contributed by atoms with Crippen LogP contribution in [-0.4, -0.2) is 22.0 Å². The molecular formula is C24H20BrN3O2S. The minimum atomic E-state index is -0.219. The van der Waals surface area contributed by atoms with Gasteiger partial charge in [0.05, 0.1) is 5.69 Å². The van der Waals surface area contributed by atoms with Gasteiger partial charge in [-0.25, -0.2) is 4.98 Å². The lowest BCUT2D eigenvalue weighted by atomic mass is 10.1. The summed E-state index contributed by atoms with van der Waals surface area (Å²) in [5.74, 6) is -0.176. The van der Waals surface area contributed by atoms with E-state index in [1.165, 1.54) is 22.0 Å². The molecule has 0 aliphatic rings. The zero-order valence-corrected chi connectivity index (χ0v) is 19.1. The fourth-order valence-corrected chi connectivity index (χ4v) is 4.46. The Labute approximate surface area is 192 Å². The molecule has 156 valence electrons. The number of amides is 1. The fourth-order valence-electron chi connectivity index (χ4n) is 3.20. The maximum absolute atomic E-state index is 13.3. The van der Waals surface area contributed by atoms with E-state index in [0.29, 0.717) is 18.1 Å². The van der Waals surface area contributed by atoms with Crippen molar-refractivity contribution in [2.45, 2.75) is 13.0 Å². The molecule has 5 nitrogen and oxygen atoms in total. The molecule has 4 aromatic rings. The van der Waals surface area contributed by atoms with Crippen LogP contribution < -0.4 is 10.5 Å². The molecule has 0 N–H and O–H groups in total. The molecule has 0 saturated carbocycles. The van der Waals surface area contributed by atoms with Crippen LogP contribution in [0, 0.1) is 0 Å². The van der Waals surface area contributed by atoms with E-state index < -0.39 is 0 Å². The predicted octanol–water partition coefficient (Wildman–Crippen LogP) is 5.01. The van der Waals surface area contributed by atoms with Gasteiger partial charge in [0.25, 0.3) is 5.56 Å². The van der Waals surface area contributed by atoms with Gasteiger partial charge in [0.2, 0.25) is 5.91 Å². The lowest BCUT2D eigenvalue weighted by Crippen LogP contribution is -2.37. The SMILES string of the molecule is O=C(Cn1cc(Br)ccc1=O)N(CCc1ccccc1)c1nc(-c2ccccc2)cs1. The first-order valence-electron chi connectivity index (χ1n) is 9.81. The first-order chi connectivity index (χ1) is 15.1. The van der Waals surface area contributed by atoms with Crippen LogP contribution in [0.3, 0.4) is 0 Å². The Morgan fingerprint density at radius 1 is 1.00 bits per heavy atom. The molecule has 0 radical (unpaired) electrons. The number of pyridine rings is 1. The molecule has 31 heavy (non-hydrogen) atoms. The van der Waals surface area contributed by atoms with E-state index in [2.05, 4.69) is 15.9 Å². The Morgan fingerprint density at radius 3 is 2.45 bits per heavy atom. The summed E-state index contributed by atoms with van der Waals surface area (Å²) in [6.45, 7) is 0.431. The van der Waals surface area contributed by atoms with Gasteiger partial charge >= 0.3 is 0 Å². The molecule has 7 heteroatoms. The summed E-state index contributed by atoms with van der Waals surface area (Å²) in [7, 11) is 0. The molecule has 0 unspecified atom stereocenters. The summed E-state index contributed by atoms with van der Waals surface area (Å²) in [5, 5.41) is 2.58. The summed E-state index contributed by atoms with van der Waals surface area (Å²) in [4.78, 5) is 31.9. The Balaban J connectivity index is 1.61. The highest BCUT2D eigenvalue weighted by Crippen LogP contribution is 2.28. The van der Waals surface area contributed by atoms with Crippen molar-refractivity contribution in [3.8, 4) is 11.3 Å². The Kier molecular flexibility index (Phi) is 6.74. The smallest absolute Gasteiger partial charge is 0.251 e. The monoisotopic (exact) mass is 493 g/mol. The average Bonchev–Trinajstić information content (AvgIpc) is 3.28. The third kappa shape index (κ3) is 5.37. The number of thiazole rings is 1. The van der Waals surface area contributed by atoms with Gasteiger partial charge in [-0.3, -0.25) is 14.5 Å². The van der Waals surface area contributed by atoms with Crippen molar-refractivity contribution >= 4 is 38.3 Å². The van der Waals surface area contributed by atoms with Crippen LogP contribution in [0.25, 0.3) is 11.3 Å². The molecule has 0 bridgehead atoms. The van der Waals surface area contributed by atoms with Gasteiger partial charge in [-0.05, 0) is 34.0 Å². The lowest BCUT2D eigenvalue weighted by Gasteiger charge is -2.20. The van der Waals surface area contributed by atoms with E-state index >= 15 is 0 Å².